The Balaban J connectivity index is 1.44. The monoisotopic (exact) mass is 667 g/mol. The zero-order chi connectivity index (χ0) is 35.8. The maximum Gasteiger partial charge on any atom is 0.135 e. The third-order valence-electron chi connectivity index (χ3n) is 8.31. The van der Waals surface area contributed by atoms with Gasteiger partial charge in [-0.1, -0.05) is 147 Å². The van der Waals surface area contributed by atoms with E-state index < -0.39 is 0 Å². The molecule has 0 saturated carbocycles. The minimum atomic E-state index is 0.728. The lowest BCUT2D eigenvalue weighted by atomic mass is 9.96. The van der Waals surface area contributed by atoms with E-state index in [1.807, 2.05) is 74.7 Å². The average molecular weight is 668 g/mol. The van der Waals surface area contributed by atoms with Gasteiger partial charge in [0, 0.05) is 22.7 Å². The first-order valence-electron chi connectivity index (χ1n) is 17.3. The minimum Gasteiger partial charge on any atom is -0.497 e. The molecule has 0 bridgehead atoms. The van der Waals surface area contributed by atoms with Gasteiger partial charge in [0.25, 0.3) is 0 Å². The number of hydrogen-bond donors (Lipinski definition) is 0. The Morgan fingerprint density at radius 3 is 2.08 bits per heavy atom. The van der Waals surface area contributed by atoms with Crippen LogP contribution < -0.4 is 4.74 Å². The van der Waals surface area contributed by atoms with E-state index in [9.17, 15) is 0 Å². The average Bonchev–Trinajstić information content (AvgIpc) is 3.54. The number of allylic oxidation sites excluding steroid dienone is 12. The van der Waals surface area contributed by atoms with Gasteiger partial charge >= 0.3 is 0 Å². The fourth-order valence-corrected chi connectivity index (χ4v) is 5.58. The highest BCUT2D eigenvalue weighted by Crippen LogP contribution is 2.32. The lowest BCUT2D eigenvalue weighted by Crippen LogP contribution is -1.98. The Morgan fingerprint density at radius 2 is 1.45 bits per heavy atom. The van der Waals surface area contributed by atoms with Crippen molar-refractivity contribution in [2.24, 2.45) is 4.99 Å². The highest BCUT2D eigenvalue weighted by molar-refractivity contribution is 6.13. The fourth-order valence-electron chi connectivity index (χ4n) is 5.58. The predicted octanol–water partition coefficient (Wildman–Crippen LogP) is 13.4. The van der Waals surface area contributed by atoms with E-state index in [1.165, 1.54) is 0 Å². The van der Waals surface area contributed by atoms with E-state index in [-0.39, 0.29) is 0 Å². The van der Waals surface area contributed by atoms with Crippen LogP contribution in [0.25, 0.3) is 45.4 Å². The number of furan rings is 1. The van der Waals surface area contributed by atoms with Crippen LogP contribution in [0.1, 0.15) is 55.2 Å². The number of ether oxygens (including phenoxy) is 1. The molecule has 1 aromatic heterocycles. The van der Waals surface area contributed by atoms with Crippen LogP contribution in [-0.2, 0) is 0 Å². The summed E-state index contributed by atoms with van der Waals surface area (Å²) in [7, 11) is 1.67. The van der Waals surface area contributed by atoms with E-state index >= 15 is 0 Å². The lowest BCUT2D eigenvalue weighted by Gasteiger charge is -2.09. The first kappa shape index (κ1) is 36.1. The number of benzene rings is 4. The molecule has 0 aliphatic rings. The molecule has 0 atom stereocenters. The normalized spacial score (nSPS) is 13.2. The summed E-state index contributed by atoms with van der Waals surface area (Å²) in [5.41, 5.74) is 10.4. The van der Waals surface area contributed by atoms with E-state index in [1.54, 1.807) is 13.2 Å². The predicted molar refractivity (Wildman–Crippen MR) is 221 cm³/mol. The molecule has 4 aromatic carbocycles. The molecule has 0 aliphatic heterocycles. The van der Waals surface area contributed by atoms with Gasteiger partial charge in [-0.15, -0.1) is 0 Å². The summed E-state index contributed by atoms with van der Waals surface area (Å²) in [5, 5.41) is 0.983. The summed E-state index contributed by atoms with van der Waals surface area (Å²) >= 11 is 0. The molecule has 1 heterocycles. The van der Waals surface area contributed by atoms with Crippen LogP contribution in [0.3, 0.4) is 0 Å². The minimum absolute atomic E-state index is 0.728. The third kappa shape index (κ3) is 9.49. The van der Waals surface area contributed by atoms with Crippen molar-refractivity contribution in [3.8, 4) is 16.9 Å². The van der Waals surface area contributed by atoms with Gasteiger partial charge < -0.3 is 9.15 Å². The number of rotatable bonds is 14. The fraction of sp³-hybridized carbons (Fsp3) is 0.104. The number of fused-ring (bicyclic) bond motifs is 1. The topological polar surface area (TPSA) is 34.7 Å². The zero-order valence-electron chi connectivity index (χ0n) is 29.9. The van der Waals surface area contributed by atoms with E-state index in [0.717, 1.165) is 79.1 Å². The van der Waals surface area contributed by atoms with Gasteiger partial charge in [0.15, 0.2) is 0 Å². The highest BCUT2D eigenvalue weighted by Gasteiger charge is 2.12. The summed E-state index contributed by atoms with van der Waals surface area (Å²) < 4.78 is 11.5. The molecule has 0 unspecified atom stereocenters. The molecular formula is C48H45NO2. The molecule has 3 heteroatoms. The van der Waals surface area contributed by atoms with Gasteiger partial charge in [0.05, 0.1) is 12.8 Å². The SMILES string of the molecule is C=Cc1oc2ccc(OC)cc2c1\C=C/C(=C\C=C\C)c1ccc(-c2ccc(C(/C=C/C=C/C)=C/C(=N\C=C/CC)c3ccccc3)cc2)cc1. The standard InChI is InChI=1S/C48H45NO2/c1-6-10-14-20-42(34-46(49-33-12-8-3)41-18-15-13-16-19-41)40-27-25-39(26-28-40)38-23-21-37(22-24-38)36(17-11-7-2)29-31-44-45-35-43(50-5)30-32-48(45)51-47(44)9-4/h6-7,9-35H,4,8H2,1-3,5H3/b10-6+,11-7+,20-14+,31-29-,33-12-,36-17+,42-34+,49-46+. The van der Waals surface area contributed by atoms with Crippen molar-refractivity contribution in [2.75, 3.05) is 7.11 Å². The van der Waals surface area contributed by atoms with Gasteiger partial charge in [0.2, 0.25) is 0 Å². The zero-order valence-corrected chi connectivity index (χ0v) is 29.9. The van der Waals surface area contributed by atoms with Crippen LogP contribution in [0.15, 0.2) is 180 Å². The Kier molecular flexibility index (Phi) is 13.1. The van der Waals surface area contributed by atoms with Crippen molar-refractivity contribution >= 4 is 40.0 Å². The van der Waals surface area contributed by atoms with Crippen LogP contribution in [-0.4, -0.2) is 12.8 Å². The Bertz CT molecular complexity index is 2160. The molecule has 0 saturated heterocycles. The van der Waals surface area contributed by atoms with Crippen molar-refractivity contribution in [2.45, 2.75) is 27.2 Å². The number of methoxy groups -OCH3 is 1. The maximum atomic E-state index is 6.06. The van der Waals surface area contributed by atoms with Crippen molar-refractivity contribution < 1.29 is 9.15 Å². The smallest absolute Gasteiger partial charge is 0.135 e. The molecule has 0 fully saturated rings. The molecule has 0 N–H and O–H groups in total. The third-order valence-corrected chi connectivity index (χ3v) is 8.31. The number of hydrogen-bond acceptors (Lipinski definition) is 3. The van der Waals surface area contributed by atoms with Crippen LogP contribution in [0, 0.1) is 0 Å². The van der Waals surface area contributed by atoms with Crippen LogP contribution in [0.4, 0.5) is 0 Å². The quantitative estimate of drug-likeness (QED) is 0.0872. The van der Waals surface area contributed by atoms with Crippen LogP contribution >= 0.6 is 0 Å². The number of aliphatic imine (C=N–C) groups is 1. The van der Waals surface area contributed by atoms with E-state index in [2.05, 4.69) is 123 Å². The first-order valence-corrected chi connectivity index (χ1v) is 17.3. The highest BCUT2D eigenvalue weighted by atomic mass is 16.5. The Labute approximate surface area is 303 Å². The summed E-state index contributed by atoms with van der Waals surface area (Å²) in [6, 6.07) is 33.6. The largest absolute Gasteiger partial charge is 0.497 e. The molecule has 0 spiro atoms. The molecule has 3 nitrogen and oxygen atoms in total. The van der Waals surface area contributed by atoms with Crippen LogP contribution in [0.5, 0.6) is 5.75 Å². The molecule has 5 aromatic rings. The van der Waals surface area contributed by atoms with Gasteiger partial charge in [-0.3, -0.25) is 4.99 Å². The van der Waals surface area contributed by atoms with Crippen molar-refractivity contribution in [1.29, 1.82) is 0 Å². The van der Waals surface area contributed by atoms with Gasteiger partial charge in [0.1, 0.15) is 17.1 Å². The second-order valence-corrected chi connectivity index (χ2v) is 11.7. The summed E-state index contributed by atoms with van der Waals surface area (Å²) in [6.45, 7) is 10.1. The Morgan fingerprint density at radius 1 is 0.765 bits per heavy atom. The van der Waals surface area contributed by atoms with Crippen molar-refractivity contribution in [3.63, 3.8) is 0 Å². The number of nitrogens with zero attached hydrogens (tertiary/aromatic N) is 1. The molecule has 254 valence electrons. The van der Waals surface area contributed by atoms with Crippen molar-refractivity contribution in [3.05, 3.63) is 199 Å². The van der Waals surface area contributed by atoms with Crippen LogP contribution in [0.2, 0.25) is 0 Å². The van der Waals surface area contributed by atoms with E-state index in [4.69, 9.17) is 14.1 Å². The summed E-state index contributed by atoms with van der Waals surface area (Å²) in [5.74, 6) is 1.51. The maximum absolute atomic E-state index is 6.06. The molecule has 51 heavy (non-hydrogen) atoms. The molecular weight excluding hydrogens is 623 g/mol. The lowest BCUT2D eigenvalue weighted by molar-refractivity contribution is 0.415. The first-order chi connectivity index (χ1) is 25.1. The van der Waals surface area contributed by atoms with Gasteiger partial charge in [-0.25, -0.2) is 0 Å². The molecule has 0 amide bonds. The summed E-state index contributed by atoms with van der Waals surface area (Å²) in [6.07, 6.45) is 27.5. The molecule has 0 aliphatic carbocycles. The van der Waals surface area contributed by atoms with Crippen molar-refractivity contribution in [1.82, 2.24) is 0 Å². The molecule has 5 rings (SSSR count). The second kappa shape index (κ2) is 18.5. The molecule has 0 radical (unpaired) electrons. The Hall–Kier alpha value is -6.19. The van der Waals surface area contributed by atoms with Gasteiger partial charge in [-0.05, 0) is 90.1 Å². The second-order valence-electron chi connectivity index (χ2n) is 11.7. The van der Waals surface area contributed by atoms with Gasteiger partial charge in [-0.2, -0.15) is 0 Å². The van der Waals surface area contributed by atoms with E-state index in [0.29, 0.717) is 0 Å². The summed E-state index contributed by atoms with van der Waals surface area (Å²) in [4.78, 5) is 4.82.